The van der Waals surface area contributed by atoms with E-state index in [9.17, 15) is 14.7 Å². The summed E-state index contributed by atoms with van der Waals surface area (Å²) in [4.78, 5) is 25.4. The van der Waals surface area contributed by atoms with E-state index in [-0.39, 0.29) is 5.91 Å². The summed E-state index contributed by atoms with van der Waals surface area (Å²) in [6.07, 6.45) is 2.95. The Balaban J connectivity index is 1.68. The van der Waals surface area contributed by atoms with Crippen molar-refractivity contribution in [3.05, 3.63) is 35.4 Å². The van der Waals surface area contributed by atoms with Crippen molar-refractivity contribution < 1.29 is 14.7 Å². The van der Waals surface area contributed by atoms with Gasteiger partial charge in [-0.1, -0.05) is 24.3 Å². The summed E-state index contributed by atoms with van der Waals surface area (Å²) in [5, 5.41) is 9.41. The third-order valence-corrected chi connectivity index (χ3v) is 5.29. The number of benzene rings is 1. The molecule has 1 aromatic carbocycles. The van der Waals surface area contributed by atoms with Gasteiger partial charge < -0.3 is 10.0 Å². The van der Waals surface area contributed by atoms with E-state index in [1.165, 1.54) is 17.7 Å². The van der Waals surface area contributed by atoms with Crippen LogP contribution in [0.5, 0.6) is 0 Å². The molecule has 1 saturated carbocycles. The zero-order chi connectivity index (χ0) is 14.8. The molecule has 1 amide bonds. The predicted molar refractivity (Wildman–Crippen MR) is 82.2 cm³/mol. The highest BCUT2D eigenvalue weighted by atomic mass is 32.2. The molecule has 1 aliphatic heterocycles. The molecule has 0 radical (unpaired) electrons. The lowest BCUT2D eigenvalue weighted by atomic mass is 9.94. The molecule has 1 aromatic rings. The number of amides is 1. The summed E-state index contributed by atoms with van der Waals surface area (Å²) in [5.41, 5.74) is 2.11. The minimum atomic E-state index is -0.912. The van der Waals surface area contributed by atoms with E-state index >= 15 is 0 Å². The first-order valence-corrected chi connectivity index (χ1v) is 8.47. The van der Waals surface area contributed by atoms with E-state index in [4.69, 9.17) is 0 Å². The molecule has 4 nitrogen and oxygen atoms in total. The Morgan fingerprint density at radius 1 is 1.24 bits per heavy atom. The molecular formula is C16H19NO3S. The van der Waals surface area contributed by atoms with E-state index in [1.807, 2.05) is 24.3 Å². The van der Waals surface area contributed by atoms with E-state index < -0.39 is 12.0 Å². The van der Waals surface area contributed by atoms with Crippen molar-refractivity contribution in [3.63, 3.8) is 0 Å². The van der Waals surface area contributed by atoms with Crippen molar-refractivity contribution in [2.45, 2.75) is 31.8 Å². The van der Waals surface area contributed by atoms with Gasteiger partial charge in [0.05, 0.1) is 5.75 Å². The van der Waals surface area contributed by atoms with Gasteiger partial charge in [0.1, 0.15) is 6.04 Å². The zero-order valence-electron chi connectivity index (χ0n) is 11.8. The van der Waals surface area contributed by atoms with Gasteiger partial charge in [-0.2, -0.15) is 11.8 Å². The lowest BCUT2D eigenvalue weighted by molar-refractivity contribution is -0.150. The predicted octanol–water partition coefficient (Wildman–Crippen LogP) is 2.17. The van der Waals surface area contributed by atoms with Crippen LogP contribution in [0.4, 0.5) is 0 Å². The normalized spacial score (nSPS) is 21.0. The topological polar surface area (TPSA) is 57.6 Å². The van der Waals surface area contributed by atoms with Gasteiger partial charge in [0.2, 0.25) is 5.91 Å². The maximum Gasteiger partial charge on any atom is 0.326 e. The lowest BCUT2D eigenvalue weighted by Gasteiger charge is -2.34. The molecule has 3 rings (SSSR count). The van der Waals surface area contributed by atoms with Gasteiger partial charge in [-0.15, -0.1) is 0 Å². The van der Waals surface area contributed by atoms with Crippen molar-refractivity contribution in [2.24, 2.45) is 5.92 Å². The number of carboxylic acids is 1. The number of aliphatic carboxylic acids is 1. The van der Waals surface area contributed by atoms with Crippen LogP contribution in [0.15, 0.2) is 24.3 Å². The van der Waals surface area contributed by atoms with Crippen LogP contribution < -0.4 is 0 Å². The molecule has 1 heterocycles. The molecule has 0 aromatic heterocycles. The average Bonchev–Trinajstić information content (AvgIpc) is 3.30. The smallest absolute Gasteiger partial charge is 0.326 e. The number of hydrogen-bond acceptors (Lipinski definition) is 3. The van der Waals surface area contributed by atoms with Crippen LogP contribution in [0.25, 0.3) is 0 Å². The number of fused-ring (bicyclic) bond motifs is 1. The summed E-state index contributed by atoms with van der Waals surface area (Å²) >= 11 is 1.64. The van der Waals surface area contributed by atoms with Crippen LogP contribution in [0, 0.1) is 5.92 Å². The van der Waals surface area contributed by atoms with Crippen LogP contribution in [0.2, 0.25) is 0 Å². The van der Waals surface area contributed by atoms with Crippen molar-refractivity contribution in [2.75, 3.05) is 11.5 Å². The van der Waals surface area contributed by atoms with Crippen LogP contribution in [0.3, 0.4) is 0 Å². The van der Waals surface area contributed by atoms with Crippen molar-refractivity contribution in [1.29, 1.82) is 0 Å². The minimum Gasteiger partial charge on any atom is -0.480 e. The Hall–Kier alpha value is -1.49. The van der Waals surface area contributed by atoms with E-state index in [2.05, 4.69) is 0 Å². The summed E-state index contributed by atoms with van der Waals surface area (Å²) in [7, 11) is 0. The van der Waals surface area contributed by atoms with Crippen LogP contribution >= 0.6 is 11.8 Å². The second kappa shape index (κ2) is 6.10. The highest BCUT2D eigenvalue weighted by Crippen LogP contribution is 2.32. The molecule has 0 unspecified atom stereocenters. The summed E-state index contributed by atoms with van der Waals surface area (Å²) in [5.74, 6) is 1.23. The molecule has 1 aliphatic carbocycles. The number of carbonyl (C=O) groups is 2. The number of thioether (sulfide) groups is 1. The monoisotopic (exact) mass is 305 g/mol. The first-order valence-electron chi connectivity index (χ1n) is 7.32. The van der Waals surface area contributed by atoms with Crippen molar-refractivity contribution >= 4 is 23.6 Å². The zero-order valence-corrected chi connectivity index (χ0v) is 12.6. The Bertz CT molecular complexity index is 556. The molecule has 0 bridgehead atoms. The number of nitrogens with zero attached hydrogens (tertiary/aromatic N) is 1. The molecule has 2 aliphatic rings. The number of hydrogen-bond donors (Lipinski definition) is 1. The maximum absolute atomic E-state index is 12.4. The van der Waals surface area contributed by atoms with Crippen LogP contribution in [-0.2, 0) is 22.6 Å². The van der Waals surface area contributed by atoms with Gasteiger partial charge in [-0.3, -0.25) is 4.79 Å². The van der Waals surface area contributed by atoms with Crippen LogP contribution in [0.1, 0.15) is 24.0 Å². The summed E-state index contributed by atoms with van der Waals surface area (Å²) in [6.45, 7) is 0.413. The molecule has 1 N–H and O–H groups in total. The third kappa shape index (κ3) is 3.40. The van der Waals surface area contributed by atoms with E-state index in [1.54, 1.807) is 11.8 Å². The van der Waals surface area contributed by atoms with E-state index in [0.717, 1.165) is 22.8 Å². The Labute approximate surface area is 128 Å². The van der Waals surface area contributed by atoms with Gasteiger partial charge in [0.15, 0.2) is 0 Å². The fourth-order valence-electron chi connectivity index (χ4n) is 2.69. The Morgan fingerprint density at radius 3 is 2.62 bits per heavy atom. The van der Waals surface area contributed by atoms with Crippen molar-refractivity contribution in [3.8, 4) is 0 Å². The Kier molecular flexibility index (Phi) is 4.19. The summed E-state index contributed by atoms with van der Waals surface area (Å²) < 4.78 is 0. The van der Waals surface area contributed by atoms with Gasteiger partial charge in [-0.05, 0) is 35.6 Å². The maximum atomic E-state index is 12.4. The second-order valence-corrected chi connectivity index (χ2v) is 6.84. The highest BCUT2D eigenvalue weighted by molar-refractivity contribution is 7.99. The van der Waals surface area contributed by atoms with Gasteiger partial charge in [0.25, 0.3) is 0 Å². The van der Waals surface area contributed by atoms with Gasteiger partial charge in [-0.25, -0.2) is 4.79 Å². The number of rotatable bonds is 5. The standard InChI is InChI=1S/C16H19NO3S/c18-15(10-21-9-11-5-6-11)17-8-13-4-2-1-3-12(13)7-14(17)16(19)20/h1-4,11,14H,5-10H2,(H,19,20)/t14-/m1/s1. The van der Waals surface area contributed by atoms with Gasteiger partial charge >= 0.3 is 5.97 Å². The third-order valence-electron chi connectivity index (χ3n) is 4.13. The Morgan fingerprint density at radius 2 is 1.95 bits per heavy atom. The minimum absolute atomic E-state index is 0.0532. The molecule has 112 valence electrons. The second-order valence-electron chi connectivity index (χ2n) is 5.81. The quantitative estimate of drug-likeness (QED) is 0.906. The largest absolute Gasteiger partial charge is 0.480 e. The molecule has 21 heavy (non-hydrogen) atoms. The fraction of sp³-hybridized carbons (Fsp3) is 0.500. The van der Waals surface area contributed by atoms with Crippen molar-refractivity contribution in [1.82, 2.24) is 4.90 Å². The molecule has 0 spiro atoms. The highest BCUT2D eigenvalue weighted by Gasteiger charge is 2.34. The number of carboxylic acid groups (broad SMARTS) is 1. The van der Waals surface area contributed by atoms with Crippen LogP contribution in [-0.4, -0.2) is 39.4 Å². The molecule has 0 saturated heterocycles. The SMILES string of the molecule is O=C(O)[C@H]1Cc2ccccc2CN1C(=O)CSCC1CC1. The molecular weight excluding hydrogens is 286 g/mol. The molecule has 1 atom stereocenters. The average molecular weight is 305 g/mol. The van der Waals surface area contributed by atoms with Gasteiger partial charge in [0, 0.05) is 13.0 Å². The van der Waals surface area contributed by atoms with E-state index in [0.29, 0.717) is 18.7 Å². The molecule has 5 heteroatoms. The first kappa shape index (κ1) is 14.4. The molecule has 1 fully saturated rings. The number of carbonyl (C=O) groups excluding carboxylic acids is 1. The fourth-order valence-corrected chi connectivity index (χ4v) is 3.81. The summed E-state index contributed by atoms with van der Waals surface area (Å²) in [6, 6.07) is 7.05. The lowest BCUT2D eigenvalue weighted by Crippen LogP contribution is -2.49. The first-order chi connectivity index (χ1) is 10.1.